The van der Waals surface area contributed by atoms with Gasteiger partial charge in [-0.1, -0.05) is 26.8 Å². The Morgan fingerprint density at radius 2 is 1.85 bits per heavy atom. The summed E-state index contributed by atoms with van der Waals surface area (Å²) in [6.07, 6.45) is 6.39. The number of carbonyl (C=O) groups is 1. The van der Waals surface area contributed by atoms with Gasteiger partial charge in [0.2, 0.25) is 0 Å². The maximum Gasteiger partial charge on any atom is 0.505 e. The van der Waals surface area contributed by atoms with Crippen molar-refractivity contribution in [1.29, 1.82) is 0 Å². The third-order valence-corrected chi connectivity index (χ3v) is 12.0. The lowest BCUT2D eigenvalue weighted by Crippen LogP contribution is -2.83. The molecule has 1 saturated heterocycles. The zero-order chi connectivity index (χ0) is 28.2. The second kappa shape index (κ2) is 8.49. The normalized spacial score (nSPS) is 39.1. The number of aliphatic hydroxyl groups is 1. The van der Waals surface area contributed by atoms with Crippen molar-refractivity contribution in [2.75, 3.05) is 27.3 Å². The van der Waals surface area contributed by atoms with Crippen LogP contribution in [0.4, 0.5) is 4.79 Å². The second-order valence-electron chi connectivity index (χ2n) is 14.3. The number of rotatable bonds is 4. The number of phenols is 1. The summed E-state index contributed by atoms with van der Waals surface area (Å²) in [4.78, 5) is 12.0. The zero-order valence-corrected chi connectivity index (χ0v) is 24.2. The van der Waals surface area contributed by atoms with E-state index in [0.29, 0.717) is 11.8 Å². The Labute approximate surface area is 231 Å². The fraction of sp³-hybridized carbons (Fsp3) is 0.774. The molecule has 5 fully saturated rings. The maximum absolute atomic E-state index is 12.2. The van der Waals surface area contributed by atoms with Gasteiger partial charge in [0.15, 0.2) is 11.5 Å². The predicted molar refractivity (Wildman–Crippen MR) is 145 cm³/mol. The van der Waals surface area contributed by atoms with Crippen molar-refractivity contribution in [3.63, 3.8) is 0 Å². The molecule has 1 aromatic carbocycles. The Morgan fingerprint density at radius 1 is 1.15 bits per heavy atom. The van der Waals surface area contributed by atoms with E-state index in [1.807, 2.05) is 20.1 Å². The summed E-state index contributed by atoms with van der Waals surface area (Å²) < 4.78 is 17.1. The van der Waals surface area contributed by atoms with Crippen molar-refractivity contribution in [2.45, 2.75) is 101 Å². The number of benzene rings is 1. The molecule has 7 aliphatic rings. The number of ether oxygens (including phenoxy) is 3. The molecule has 2 heterocycles. The Hall–Kier alpha value is -2.03. The summed E-state index contributed by atoms with van der Waals surface area (Å²) in [5.74, 6) is 1.80. The lowest BCUT2D eigenvalue weighted by molar-refractivity contribution is -0.312. The molecule has 7 atom stereocenters. The number of piperidine rings is 1. The molecule has 4 bridgehead atoms. The molecule has 8 rings (SSSR count). The molecule has 1 aromatic rings. The Balaban J connectivity index is 0.000000510. The third-order valence-electron chi connectivity index (χ3n) is 12.0. The van der Waals surface area contributed by atoms with Crippen LogP contribution >= 0.6 is 0 Å². The molecule has 0 aromatic heterocycles. The number of hydrogen-bond donors (Lipinski definition) is 3. The predicted octanol–water partition coefficient (Wildman–Crippen LogP) is 4.72. The van der Waals surface area contributed by atoms with Crippen LogP contribution < -0.4 is 4.74 Å². The van der Waals surface area contributed by atoms with Crippen LogP contribution in [0.15, 0.2) is 12.1 Å². The first kappa shape index (κ1) is 27.2. The number of hydrogen-bond acceptors (Lipinski definition) is 7. The summed E-state index contributed by atoms with van der Waals surface area (Å²) in [5, 5.41) is 30.7. The lowest BCUT2D eigenvalue weighted by Gasteiger charge is -2.75. The van der Waals surface area contributed by atoms with E-state index in [1.54, 1.807) is 0 Å². The topological polar surface area (TPSA) is 109 Å². The molecule has 39 heavy (non-hydrogen) atoms. The highest BCUT2D eigenvalue weighted by molar-refractivity contribution is 5.63. The molecule has 0 unspecified atom stereocenters. The van der Waals surface area contributed by atoms with E-state index in [4.69, 9.17) is 19.4 Å². The van der Waals surface area contributed by atoms with E-state index in [1.165, 1.54) is 30.5 Å². The zero-order valence-electron chi connectivity index (χ0n) is 24.2. The highest BCUT2D eigenvalue weighted by atomic mass is 16.6. The Kier molecular flexibility index (Phi) is 5.91. The van der Waals surface area contributed by atoms with Gasteiger partial charge in [0.25, 0.3) is 0 Å². The van der Waals surface area contributed by atoms with Crippen LogP contribution in [0.2, 0.25) is 0 Å². The van der Waals surface area contributed by atoms with Crippen molar-refractivity contribution in [3.05, 3.63) is 23.3 Å². The molecule has 0 amide bonds. The fourth-order valence-electron chi connectivity index (χ4n) is 9.58. The van der Waals surface area contributed by atoms with E-state index in [9.17, 15) is 10.2 Å². The van der Waals surface area contributed by atoms with Crippen LogP contribution in [0.1, 0.15) is 77.3 Å². The average molecular weight is 544 g/mol. The summed E-state index contributed by atoms with van der Waals surface area (Å²) in [7, 11) is 2.93. The van der Waals surface area contributed by atoms with Gasteiger partial charge in [-0.25, -0.2) is 4.79 Å². The molecule has 2 aliphatic heterocycles. The maximum atomic E-state index is 12.2. The number of phenolic OH excluding ortho intramolecular Hbond substituents is 1. The smallest absolute Gasteiger partial charge is 0.504 e. The largest absolute Gasteiger partial charge is 0.505 e. The molecule has 5 aliphatic carbocycles. The SMILES string of the molecule is COC(=O)O.CO[C@@]12CC[C@@]3(C[C@@H]1[C@](C)(O)C(C)(C)C)[C@H]1Cc4ccc(O)c5c4[C@@]3(CCN1CC1CC1)[C@H]2O5. The molecule has 8 heteroatoms. The van der Waals surface area contributed by atoms with Crippen LogP contribution in [0.25, 0.3) is 0 Å². The highest BCUT2D eigenvalue weighted by Gasteiger charge is 2.82. The van der Waals surface area contributed by atoms with Crippen LogP contribution in [-0.2, 0) is 21.3 Å². The number of fused-ring (bicyclic) bond motifs is 2. The van der Waals surface area contributed by atoms with Crippen LogP contribution in [0, 0.1) is 22.7 Å². The highest BCUT2D eigenvalue weighted by Crippen LogP contribution is 2.78. The van der Waals surface area contributed by atoms with Gasteiger partial charge < -0.3 is 29.5 Å². The molecule has 2 spiro atoms. The molecule has 8 nitrogen and oxygen atoms in total. The molecule has 4 saturated carbocycles. The van der Waals surface area contributed by atoms with Crippen molar-refractivity contribution >= 4 is 6.16 Å². The van der Waals surface area contributed by atoms with Crippen LogP contribution in [0.3, 0.4) is 0 Å². The first-order valence-corrected chi connectivity index (χ1v) is 14.6. The fourth-order valence-corrected chi connectivity index (χ4v) is 9.58. The van der Waals surface area contributed by atoms with Gasteiger partial charge in [-0.3, -0.25) is 4.90 Å². The van der Waals surface area contributed by atoms with E-state index >= 15 is 0 Å². The van der Waals surface area contributed by atoms with E-state index in [2.05, 4.69) is 36.5 Å². The van der Waals surface area contributed by atoms with E-state index in [0.717, 1.165) is 51.7 Å². The quantitative estimate of drug-likeness (QED) is 0.468. The lowest BCUT2D eigenvalue weighted by atomic mass is 9.33. The minimum absolute atomic E-state index is 0.0294. The van der Waals surface area contributed by atoms with Crippen molar-refractivity contribution in [1.82, 2.24) is 4.90 Å². The second-order valence-corrected chi connectivity index (χ2v) is 14.3. The van der Waals surface area contributed by atoms with Crippen molar-refractivity contribution < 1.29 is 34.3 Å². The monoisotopic (exact) mass is 543 g/mol. The van der Waals surface area contributed by atoms with Crippen LogP contribution in [0.5, 0.6) is 11.5 Å². The standard InChI is InChI=1S/C29H41NO4.C2H4O3/c1-25(2,3)26(4,32)20-15-27-10-11-29(20,33-5)24-28(27)12-13-30(16-17-6-7-17)21(27)14-18-8-9-19(31)23(34-24)22(18)28;1-5-2(3)4/h8-9,17,20-21,24,31-32H,6-7,10-16H2,1-5H3;1H3,(H,3,4)/t20-,21-,24-,26+,27-,28+,29+;/m1./s1. The third kappa shape index (κ3) is 3.37. The first-order chi connectivity index (χ1) is 18.3. The Bertz CT molecular complexity index is 1170. The minimum Gasteiger partial charge on any atom is -0.504 e. The van der Waals surface area contributed by atoms with Crippen molar-refractivity contribution in [2.24, 2.45) is 22.7 Å². The minimum atomic E-state index is -1.25. The molecular formula is C31H45NO7. The number of carboxylic acid groups (broad SMARTS) is 1. The van der Waals surface area contributed by atoms with Gasteiger partial charge in [0.05, 0.1) is 12.7 Å². The van der Waals surface area contributed by atoms with Crippen molar-refractivity contribution in [3.8, 4) is 11.5 Å². The van der Waals surface area contributed by atoms with Crippen LogP contribution in [-0.4, -0.2) is 77.0 Å². The summed E-state index contributed by atoms with van der Waals surface area (Å²) in [5.41, 5.74) is 0.783. The molecule has 0 radical (unpaired) electrons. The number of aromatic hydroxyl groups is 1. The van der Waals surface area contributed by atoms with Gasteiger partial charge >= 0.3 is 6.16 Å². The van der Waals surface area contributed by atoms with Gasteiger partial charge in [0, 0.05) is 42.0 Å². The number of likely N-dealkylation sites (tertiary alicyclic amines) is 1. The average Bonchev–Trinajstić information content (AvgIpc) is 3.63. The van der Waals surface area contributed by atoms with Gasteiger partial charge in [-0.2, -0.15) is 0 Å². The summed E-state index contributed by atoms with van der Waals surface area (Å²) in [6, 6.07) is 4.46. The number of nitrogens with zero attached hydrogens (tertiary/aromatic N) is 1. The van der Waals surface area contributed by atoms with E-state index < -0.39 is 17.4 Å². The van der Waals surface area contributed by atoms with E-state index in [-0.39, 0.29) is 34.0 Å². The first-order valence-electron chi connectivity index (χ1n) is 14.6. The van der Waals surface area contributed by atoms with Gasteiger partial charge in [-0.15, -0.1) is 0 Å². The summed E-state index contributed by atoms with van der Waals surface area (Å²) in [6.45, 7) is 10.8. The molecule has 216 valence electrons. The van der Waals surface area contributed by atoms with Gasteiger partial charge in [-0.05, 0) is 81.4 Å². The Morgan fingerprint density at radius 3 is 2.44 bits per heavy atom. The number of methoxy groups -OCH3 is 2. The molecular weight excluding hydrogens is 498 g/mol. The summed E-state index contributed by atoms with van der Waals surface area (Å²) >= 11 is 0. The molecule has 3 N–H and O–H groups in total. The van der Waals surface area contributed by atoms with Gasteiger partial charge in [0.1, 0.15) is 11.7 Å².